The highest BCUT2D eigenvalue weighted by Gasteiger charge is 2.09. The van der Waals surface area contributed by atoms with Gasteiger partial charge in [-0.2, -0.15) is 0 Å². The largest absolute Gasteiger partial charge is 0.494 e. The Morgan fingerprint density at radius 2 is 1.70 bits per heavy atom. The van der Waals surface area contributed by atoms with Gasteiger partial charge in [0.15, 0.2) is 0 Å². The Morgan fingerprint density at radius 3 is 2.40 bits per heavy atom. The van der Waals surface area contributed by atoms with Crippen molar-refractivity contribution in [2.75, 3.05) is 6.61 Å². The highest BCUT2D eigenvalue weighted by molar-refractivity contribution is 5.34. The van der Waals surface area contributed by atoms with Crippen LogP contribution in [-0.2, 0) is 12.8 Å². The zero-order valence-corrected chi connectivity index (χ0v) is 12.3. The molecule has 20 heavy (non-hydrogen) atoms. The quantitative estimate of drug-likeness (QED) is 0.871. The van der Waals surface area contributed by atoms with Gasteiger partial charge in [-0.1, -0.05) is 48.0 Å². The Labute approximate surface area is 121 Å². The van der Waals surface area contributed by atoms with Crippen molar-refractivity contribution < 1.29 is 4.74 Å². The summed E-state index contributed by atoms with van der Waals surface area (Å²) in [7, 11) is 0. The van der Waals surface area contributed by atoms with Crippen LogP contribution in [0, 0.1) is 6.92 Å². The van der Waals surface area contributed by atoms with Crippen LogP contribution in [0.4, 0.5) is 0 Å². The summed E-state index contributed by atoms with van der Waals surface area (Å²) in [6.45, 7) is 4.79. The minimum atomic E-state index is 0.110. The predicted octanol–water partition coefficient (Wildman–Crippen LogP) is 3.51. The summed E-state index contributed by atoms with van der Waals surface area (Å²) in [6, 6.07) is 16.8. The van der Waals surface area contributed by atoms with Crippen molar-refractivity contribution in [3.05, 3.63) is 65.2 Å². The first-order chi connectivity index (χ1) is 9.69. The Hall–Kier alpha value is -1.80. The number of aryl methyl sites for hydroxylation is 1. The Bertz CT molecular complexity index is 533. The van der Waals surface area contributed by atoms with Crippen molar-refractivity contribution in [2.24, 2.45) is 5.73 Å². The summed E-state index contributed by atoms with van der Waals surface area (Å²) in [5.41, 5.74) is 10.0. The lowest BCUT2D eigenvalue weighted by molar-refractivity contribution is 0.335. The maximum Gasteiger partial charge on any atom is 0.122 e. The van der Waals surface area contributed by atoms with Crippen molar-refractivity contribution in [3.8, 4) is 5.75 Å². The molecule has 0 spiro atoms. The molecule has 1 atom stereocenters. The molecule has 0 aromatic heterocycles. The first-order valence-corrected chi connectivity index (χ1v) is 7.21. The van der Waals surface area contributed by atoms with Crippen LogP contribution >= 0.6 is 0 Å². The molecule has 2 aromatic carbocycles. The van der Waals surface area contributed by atoms with Crippen LogP contribution in [0.5, 0.6) is 5.75 Å². The summed E-state index contributed by atoms with van der Waals surface area (Å²) in [4.78, 5) is 0. The number of hydrogen-bond donors (Lipinski definition) is 1. The molecule has 0 heterocycles. The summed E-state index contributed by atoms with van der Waals surface area (Å²) < 4.78 is 5.65. The third-order valence-corrected chi connectivity index (χ3v) is 3.37. The molecule has 0 radical (unpaired) electrons. The SMILES string of the molecule is CCOc1ccccc1CC(N)Cc1ccc(C)cc1. The average Bonchev–Trinajstić information content (AvgIpc) is 2.44. The van der Waals surface area contributed by atoms with Crippen LogP contribution < -0.4 is 10.5 Å². The molecule has 1 unspecified atom stereocenters. The molecule has 106 valence electrons. The minimum absolute atomic E-state index is 0.110. The number of benzene rings is 2. The van der Waals surface area contributed by atoms with Crippen molar-refractivity contribution in [1.29, 1.82) is 0 Å². The van der Waals surface area contributed by atoms with Gasteiger partial charge in [0.1, 0.15) is 5.75 Å². The van der Waals surface area contributed by atoms with Crippen LogP contribution in [0.15, 0.2) is 48.5 Å². The smallest absolute Gasteiger partial charge is 0.122 e. The van der Waals surface area contributed by atoms with E-state index >= 15 is 0 Å². The molecule has 0 saturated heterocycles. The van der Waals surface area contributed by atoms with Gasteiger partial charge in [-0.15, -0.1) is 0 Å². The molecule has 0 aliphatic carbocycles. The molecule has 2 rings (SSSR count). The first-order valence-electron chi connectivity index (χ1n) is 7.21. The van der Waals surface area contributed by atoms with Gasteiger partial charge in [-0.05, 0) is 43.9 Å². The van der Waals surface area contributed by atoms with Crippen LogP contribution in [0.25, 0.3) is 0 Å². The maximum absolute atomic E-state index is 6.29. The fourth-order valence-electron chi connectivity index (χ4n) is 2.35. The van der Waals surface area contributed by atoms with Crippen LogP contribution in [-0.4, -0.2) is 12.6 Å². The number of nitrogens with two attached hydrogens (primary N) is 1. The van der Waals surface area contributed by atoms with Gasteiger partial charge in [-0.25, -0.2) is 0 Å². The molecule has 2 N–H and O–H groups in total. The highest BCUT2D eigenvalue weighted by atomic mass is 16.5. The van der Waals surface area contributed by atoms with Crippen molar-refractivity contribution in [2.45, 2.75) is 32.7 Å². The molecular weight excluding hydrogens is 246 g/mol. The molecule has 2 aromatic rings. The van der Waals surface area contributed by atoms with Crippen LogP contribution in [0.2, 0.25) is 0 Å². The molecular formula is C18H23NO. The predicted molar refractivity (Wildman–Crippen MR) is 84.2 cm³/mol. The molecule has 0 amide bonds. The van der Waals surface area contributed by atoms with E-state index in [2.05, 4.69) is 37.3 Å². The van der Waals surface area contributed by atoms with Gasteiger partial charge < -0.3 is 10.5 Å². The molecule has 0 bridgehead atoms. The molecule has 2 nitrogen and oxygen atoms in total. The van der Waals surface area contributed by atoms with Gasteiger partial charge in [0, 0.05) is 6.04 Å². The van der Waals surface area contributed by atoms with Crippen LogP contribution in [0.1, 0.15) is 23.6 Å². The van der Waals surface area contributed by atoms with E-state index in [0.29, 0.717) is 6.61 Å². The third kappa shape index (κ3) is 4.10. The zero-order chi connectivity index (χ0) is 14.4. The normalized spacial score (nSPS) is 12.2. The Kier molecular flexibility index (Phi) is 5.19. The minimum Gasteiger partial charge on any atom is -0.494 e. The van der Waals surface area contributed by atoms with E-state index < -0.39 is 0 Å². The number of rotatable bonds is 6. The fourth-order valence-corrected chi connectivity index (χ4v) is 2.35. The summed E-state index contributed by atoms with van der Waals surface area (Å²) >= 11 is 0. The van der Waals surface area contributed by atoms with E-state index in [4.69, 9.17) is 10.5 Å². The lowest BCUT2D eigenvalue weighted by atomic mass is 9.98. The first kappa shape index (κ1) is 14.6. The topological polar surface area (TPSA) is 35.2 Å². The number of para-hydroxylation sites is 1. The standard InChI is InChI=1S/C18H23NO/c1-3-20-18-7-5-4-6-16(18)13-17(19)12-15-10-8-14(2)9-11-15/h4-11,17H,3,12-13,19H2,1-2H3. The van der Waals surface area contributed by atoms with E-state index in [9.17, 15) is 0 Å². The number of hydrogen-bond acceptors (Lipinski definition) is 2. The fraction of sp³-hybridized carbons (Fsp3) is 0.333. The maximum atomic E-state index is 6.29. The second-order valence-electron chi connectivity index (χ2n) is 5.19. The van der Waals surface area contributed by atoms with E-state index in [1.54, 1.807) is 0 Å². The second-order valence-corrected chi connectivity index (χ2v) is 5.19. The van der Waals surface area contributed by atoms with E-state index in [0.717, 1.165) is 18.6 Å². The second kappa shape index (κ2) is 7.11. The van der Waals surface area contributed by atoms with Crippen LogP contribution in [0.3, 0.4) is 0 Å². The molecule has 0 aliphatic heterocycles. The van der Waals surface area contributed by atoms with Crippen molar-refractivity contribution >= 4 is 0 Å². The van der Waals surface area contributed by atoms with Gasteiger partial charge in [0.2, 0.25) is 0 Å². The molecule has 0 saturated carbocycles. The van der Waals surface area contributed by atoms with E-state index in [-0.39, 0.29) is 6.04 Å². The lowest BCUT2D eigenvalue weighted by Crippen LogP contribution is -2.25. The van der Waals surface area contributed by atoms with Gasteiger partial charge in [0.05, 0.1) is 6.61 Å². The van der Waals surface area contributed by atoms with Crippen molar-refractivity contribution in [1.82, 2.24) is 0 Å². The zero-order valence-electron chi connectivity index (χ0n) is 12.3. The summed E-state index contributed by atoms with van der Waals surface area (Å²) in [5.74, 6) is 0.953. The summed E-state index contributed by atoms with van der Waals surface area (Å²) in [5, 5.41) is 0. The van der Waals surface area contributed by atoms with Gasteiger partial charge in [0.25, 0.3) is 0 Å². The number of ether oxygens (including phenoxy) is 1. The average molecular weight is 269 g/mol. The van der Waals surface area contributed by atoms with E-state index in [1.165, 1.54) is 16.7 Å². The van der Waals surface area contributed by atoms with E-state index in [1.807, 2.05) is 25.1 Å². The third-order valence-electron chi connectivity index (χ3n) is 3.37. The van der Waals surface area contributed by atoms with Gasteiger partial charge >= 0.3 is 0 Å². The molecule has 2 heteroatoms. The monoisotopic (exact) mass is 269 g/mol. The Morgan fingerprint density at radius 1 is 1.00 bits per heavy atom. The summed E-state index contributed by atoms with van der Waals surface area (Å²) in [6.07, 6.45) is 1.73. The molecule has 0 fully saturated rings. The lowest BCUT2D eigenvalue weighted by Gasteiger charge is -2.15. The Balaban J connectivity index is 2.00. The highest BCUT2D eigenvalue weighted by Crippen LogP contribution is 2.20. The van der Waals surface area contributed by atoms with Crippen molar-refractivity contribution in [3.63, 3.8) is 0 Å². The van der Waals surface area contributed by atoms with Gasteiger partial charge in [-0.3, -0.25) is 0 Å². The molecule has 0 aliphatic rings.